The third kappa shape index (κ3) is 3.87. The molecule has 1 rings (SSSR count). The minimum absolute atomic E-state index is 0.0717. The van der Waals surface area contributed by atoms with Crippen LogP contribution in [-0.2, 0) is 14.3 Å². The number of amides is 1. The molecular formula is C10H19NO7. The van der Waals surface area contributed by atoms with E-state index in [0.717, 1.165) is 0 Å². The molecule has 1 fully saturated rings. The van der Waals surface area contributed by atoms with Crippen molar-refractivity contribution >= 4 is 5.91 Å². The molecule has 1 aliphatic heterocycles. The summed E-state index contributed by atoms with van der Waals surface area (Å²) in [4.78, 5) is 10.6. The summed E-state index contributed by atoms with van der Waals surface area (Å²) in [5, 5.41) is 40.0. The monoisotopic (exact) mass is 265 g/mol. The van der Waals surface area contributed by atoms with Crippen LogP contribution in [0.4, 0.5) is 0 Å². The van der Waals surface area contributed by atoms with E-state index in [1.807, 2.05) is 0 Å². The molecule has 0 aromatic carbocycles. The summed E-state index contributed by atoms with van der Waals surface area (Å²) < 4.78 is 10.2. The Kier molecular flexibility index (Phi) is 5.93. The summed E-state index contributed by atoms with van der Waals surface area (Å²) in [5.74, 6) is -0.215. The third-order valence-corrected chi connectivity index (χ3v) is 2.61. The normalized spacial score (nSPS) is 36.4. The Labute approximate surface area is 104 Å². The van der Waals surface area contributed by atoms with Crippen molar-refractivity contribution in [3.8, 4) is 0 Å². The van der Waals surface area contributed by atoms with Crippen LogP contribution in [0.15, 0.2) is 0 Å². The van der Waals surface area contributed by atoms with E-state index in [0.29, 0.717) is 0 Å². The predicted molar refractivity (Wildman–Crippen MR) is 58.4 cm³/mol. The highest BCUT2D eigenvalue weighted by Crippen LogP contribution is 2.21. The minimum atomic E-state index is -1.46. The SMILES string of the molecule is CC(=O)NCCO[C@@H]1O[C@H](CO)[C@@H](O)[C@H](O)[C@H]1O. The maximum Gasteiger partial charge on any atom is 0.216 e. The van der Waals surface area contributed by atoms with Crippen LogP contribution in [0.2, 0.25) is 0 Å². The number of aliphatic hydroxyl groups excluding tert-OH is 4. The Bertz CT molecular complexity index is 273. The number of carbonyl (C=O) groups is 1. The number of rotatable bonds is 5. The van der Waals surface area contributed by atoms with Gasteiger partial charge in [-0.2, -0.15) is 0 Å². The van der Waals surface area contributed by atoms with Crippen molar-refractivity contribution in [2.45, 2.75) is 37.6 Å². The average molecular weight is 265 g/mol. The number of ether oxygens (including phenoxy) is 2. The van der Waals surface area contributed by atoms with Crippen LogP contribution in [0, 0.1) is 0 Å². The second kappa shape index (κ2) is 6.98. The molecule has 5 atom stereocenters. The Morgan fingerprint density at radius 3 is 2.50 bits per heavy atom. The summed E-state index contributed by atoms with van der Waals surface area (Å²) in [6.45, 7) is 1.15. The fourth-order valence-electron chi connectivity index (χ4n) is 1.61. The summed E-state index contributed by atoms with van der Waals surface area (Å²) in [5.41, 5.74) is 0. The average Bonchev–Trinajstić information content (AvgIpc) is 2.34. The van der Waals surface area contributed by atoms with Gasteiger partial charge in [-0.25, -0.2) is 0 Å². The maximum absolute atomic E-state index is 10.6. The molecule has 8 nitrogen and oxygen atoms in total. The first kappa shape index (κ1) is 15.3. The van der Waals surface area contributed by atoms with E-state index in [1.54, 1.807) is 0 Å². The molecule has 1 saturated heterocycles. The molecule has 18 heavy (non-hydrogen) atoms. The van der Waals surface area contributed by atoms with Crippen molar-refractivity contribution in [3.63, 3.8) is 0 Å². The smallest absolute Gasteiger partial charge is 0.216 e. The number of nitrogens with one attached hydrogen (secondary N) is 1. The second-order valence-corrected chi connectivity index (χ2v) is 4.05. The van der Waals surface area contributed by atoms with Gasteiger partial charge >= 0.3 is 0 Å². The minimum Gasteiger partial charge on any atom is -0.394 e. The second-order valence-electron chi connectivity index (χ2n) is 4.05. The van der Waals surface area contributed by atoms with Crippen molar-refractivity contribution in [1.29, 1.82) is 0 Å². The Balaban J connectivity index is 2.41. The fraction of sp³-hybridized carbons (Fsp3) is 0.900. The molecule has 0 aliphatic carbocycles. The molecule has 8 heteroatoms. The van der Waals surface area contributed by atoms with Crippen molar-refractivity contribution in [2.75, 3.05) is 19.8 Å². The Hall–Kier alpha value is -0.770. The van der Waals surface area contributed by atoms with Crippen LogP contribution in [0.1, 0.15) is 6.92 Å². The molecule has 0 spiro atoms. The van der Waals surface area contributed by atoms with Crippen LogP contribution in [0.25, 0.3) is 0 Å². The Morgan fingerprint density at radius 1 is 1.28 bits per heavy atom. The third-order valence-electron chi connectivity index (χ3n) is 2.61. The van der Waals surface area contributed by atoms with E-state index in [-0.39, 0.29) is 19.1 Å². The lowest BCUT2D eigenvalue weighted by atomic mass is 9.99. The molecule has 5 N–H and O–H groups in total. The summed E-state index contributed by atoms with van der Waals surface area (Å²) in [6.07, 6.45) is -6.43. The van der Waals surface area contributed by atoms with E-state index >= 15 is 0 Å². The van der Waals surface area contributed by atoms with Crippen LogP contribution >= 0.6 is 0 Å². The standard InChI is InChI=1S/C10H19NO7/c1-5(13)11-2-3-17-10-9(16)8(15)7(14)6(4-12)18-10/h6-10,12,14-16H,2-4H2,1H3,(H,11,13)/t6-,7-,8+,9-,10-/m1/s1. The predicted octanol–water partition coefficient (Wildman–Crippen LogP) is -3.06. The lowest BCUT2D eigenvalue weighted by molar-refractivity contribution is -0.300. The van der Waals surface area contributed by atoms with Gasteiger partial charge in [-0.05, 0) is 0 Å². The summed E-state index contributed by atoms with van der Waals surface area (Å²) >= 11 is 0. The molecule has 106 valence electrons. The zero-order valence-electron chi connectivity index (χ0n) is 10.0. The van der Waals surface area contributed by atoms with Gasteiger partial charge in [0.25, 0.3) is 0 Å². The van der Waals surface area contributed by atoms with Gasteiger partial charge < -0.3 is 35.2 Å². The van der Waals surface area contributed by atoms with Crippen LogP contribution in [0.5, 0.6) is 0 Å². The van der Waals surface area contributed by atoms with E-state index in [2.05, 4.69) is 5.32 Å². The van der Waals surface area contributed by atoms with E-state index < -0.39 is 37.3 Å². The zero-order valence-corrected chi connectivity index (χ0v) is 10.0. The van der Waals surface area contributed by atoms with Crippen molar-refractivity contribution in [1.82, 2.24) is 5.32 Å². The first-order valence-corrected chi connectivity index (χ1v) is 5.64. The van der Waals surface area contributed by atoms with Crippen LogP contribution in [-0.4, -0.2) is 76.8 Å². The molecule has 0 saturated carbocycles. The van der Waals surface area contributed by atoms with Crippen molar-refractivity contribution in [3.05, 3.63) is 0 Å². The van der Waals surface area contributed by atoms with Gasteiger partial charge in [0.05, 0.1) is 13.2 Å². The summed E-state index contributed by atoms with van der Waals surface area (Å²) in [7, 11) is 0. The van der Waals surface area contributed by atoms with Gasteiger partial charge in [-0.3, -0.25) is 4.79 Å². The quantitative estimate of drug-likeness (QED) is 0.334. The molecule has 0 unspecified atom stereocenters. The van der Waals surface area contributed by atoms with Gasteiger partial charge in [0, 0.05) is 13.5 Å². The highest BCUT2D eigenvalue weighted by Gasteiger charge is 2.43. The highest BCUT2D eigenvalue weighted by atomic mass is 16.7. The first-order chi connectivity index (χ1) is 8.47. The van der Waals surface area contributed by atoms with Crippen LogP contribution < -0.4 is 5.32 Å². The number of hydrogen-bond acceptors (Lipinski definition) is 7. The van der Waals surface area contributed by atoms with Crippen molar-refractivity contribution < 1.29 is 34.7 Å². The molecule has 1 aliphatic rings. The van der Waals surface area contributed by atoms with Crippen molar-refractivity contribution in [2.24, 2.45) is 0 Å². The van der Waals surface area contributed by atoms with Gasteiger partial charge in [0.1, 0.15) is 24.4 Å². The molecule has 1 amide bonds. The molecule has 0 bridgehead atoms. The largest absolute Gasteiger partial charge is 0.394 e. The van der Waals surface area contributed by atoms with Gasteiger partial charge in [0.15, 0.2) is 6.29 Å². The molecule has 0 aromatic rings. The molecule has 0 radical (unpaired) electrons. The molecule has 1 heterocycles. The lowest BCUT2D eigenvalue weighted by Gasteiger charge is -2.39. The van der Waals surface area contributed by atoms with Gasteiger partial charge in [-0.1, -0.05) is 0 Å². The molecular weight excluding hydrogens is 246 g/mol. The van der Waals surface area contributed by atoms with Gasteiger partial charge in [-0.15, -0.1) is 0 Å². The van der Waals surface area contributed by atoms with E-state index in [9.17, 15) is 20.1 Å². The zero-order chi connectivity index (χ0) is 13.7. The summed E-state index contributed by atoms with van der Waals surface area (Å²) in [6, 6.07) is 0. The highest BCUT2D eigenvalue weighted by molar-refractivity contribution is 5.72. The molecule has 0 aromatic heterocycles. The van der Waals surface area contributed by atoms with E-state index in [4.69, 9.17) is 14.6 Å². The number of hydrogen-bond donors (Lipinski definition) is 5. The first-order valence-electron chi connectivity index (χ1n) is 5.64. The van der Waals surface area contributed by atoms with Gasteiger partial charge in [0.2, 0.25) is 5.91 Å². The number of carbonyl (C=O) groups excluding carboxylic acids is 1. The van der Waals surface area contributed by atoms with Crippen LogP contribution in [0.3, 0.4) is 0 Å². The lowest BCUT2D eigenvalue weighted by Crippen LogP contribution is -2.59. The number of aliphatic hydroxyl groups is 4. The topological polar surface area (TPSA) is 128 Å². The van der Waals surface area contributed by atoms with E-state index in [1.165, 1.54) is 6.92 Å². The fourth-order valence-corrected chi connectivity index (χ4v) is 1.61. The Morgan fingerprint density at radius 2 is 1.94 bits per heavy atom. The maximum atomic E-state index is 10.6.